The van der Waals surface area contributed by atoms with Gasteiger partial charge in [0.05, 0.1) is 0 Å². The minimum Gasteiger partial charge on any atom is -0.304 e. The molecule has 0 radical (unpaired) electrons. The van der Waals surface area contributed by atoms with Gasteiger partial charge in [-0.3, -0.25) is 5.10 Å². The van der Waals surface area contributed by atoms with Crippen molar-refractivity contribution in [1.29, 1.82) is 0 Å². The number of aryl methyl sites for hydroxylation is 1. The van der Waals surface area contributed by atoms with E-state index in [2.05, 4.69) is 28.6 Å². The van der Waals surface area contributed by atoms with E-state index in [1.54, 1.807) is 0 Å². The summed E-state index contributed by atoms with van der Waals surface area (Å²) in [5.74, 6) is 2.77. The van der Waals surface area contributed by atoms with Gasteiger partial charge in [0.1, 0.15) is 5.82 Å². The average Bonchev–Trinajstić information content (AvgIpc) is 2.60. The highest BCUT2D eigenvalue weighted by atomic mass is 32.1. The van der Waals surface area contributed by atoms with Gasteiger partial charge in [-0.1, -0.05) is 26.7 Å². The first kappa shape index (κ1) is 11.8. The summed E-state index contributed by atoms with van der Waals surface area (Å²) in [6.07, 6.45) is 6.42. The van der Waals surface area contributed by atoms with Crippen LogP contribution in [0.3, 0.4) is 0 Å². The van der Waals surface area contributed by atoms with Crippen LogP contribution in [-0.4, -0.2) is 14.8 Å². The molecule has 1 saturated carbocycles. The predicted octanol–water partition coefficient (Wildman–Crippen LogP) is 3.33. The van der Waals surface area contributed by atoms with Gasteiger partial charge in [0, 0.05) is 13.0 Å². The first-order valence-electron chi connectivity index (χ1n) is 6.34. The summed E-state index contributed by atoms with van der Waals surface area (Å²) in [7, 11) is 0. The van der Waals surface area contributed by atoms with E-state index in [1.165, 1.54) is 25.7 Å². The smallest absolute Gasteiger partial charge is 0.195 e. The minimum atomic E-state index is 0.787. The molecule has 1 aromatic rings. The van der Waals surface area contributed by atoms with Crippen LogP contribution in [0.15, 0.2) is 0 Å². The van der Waals surface area contributed by atoms with Crippen LogP contribution in [0.25, 0.3) is 0 Å². The van der Waals surface area contributed by atoms with Crippen LogP contribution in [0.1, 0.15) is 45.4 Å². The van der Waals surface area contributed by atoms with Crippen LogP contribution in [-0.2, 0) is 13.0 Å². The maximum absolute atomic E-state index is 5.28. The third-order valence-corrected chi connectivity index (χ3v) is 3.95. The molecule has 0 amide bonds. The first-order chi connectivity index (χ1) is 7.70. The van der Waals surface area contributed by atoms with Crippen LogP contribution < -0.4 is 0 Å². The largest absolute Gasteiger partial charge is 0.304 e. The van der Waals surface area contributed by atoms with E-state index in [0.29, 0.717) is 0 Å². The summed E-state index contributed by atoms with van der Waals surface area (Å²) in [6, 6.07) is 0. The summed E-state index contributed by atoms with van der Waals surface area (Å²) in [5.41, 5.74) is 0. The number of hydrogen-bond acceptors (Lipinski definition) is 2. The first-order valence-corrected chi connectivity index (χ1v) is 6.75. The fourth-order valence-corrected chi connectivity index (χ4v) is 3.02. The highest BCUT2D eigenvalue weighted by molar-refractivity contribution is 7.71. The van der Waals surface area contributed by atoms with Crippen LogP contribution in [0, 0.1) is 16.6 Å². The highest BCUT2D eigenvalue weighted by Crippen LogP contribution is 2.29. The molecule has 2 unspecified atom stereocenters. The van der Waals surface area contributed by atoms with Gasteiger partial charge in [-0.15, -0.1) is 0 Å². The zero-order valence-corrected chi connectivity index (χ0v) is 11.0. The van der Waals surface area contributed by atoms with E-state index in [1.807, 2.05) is 0 Å². The number of nitrogens with zero attached hydrogens (tertiary/aromatic N) is 2. The molecular weight excluding hydrogens is 218 g/mol. The fourth-order valence-electron chi connectivity index (χ4n) is 2.79. The molecule has 0 bridgehead atoms. The van der Waals surface area contributed by atoms with E-state index >= 15 is 0 Å². The van der Waals surface area contributed by atoms with Crippen molar-refractivity contribution < 1.29 is 0 Å². The van der Waals surface area contributed by atoms with Crippen molar-refractivity contribution in [2.45, 2.75) is 52.5 Å². The van der Waals surface area contributed by atoms with E-state index in [0.717, 1.165) is 35.4 Å². The Kier molecular flexibility index (Phi) is 3.79. The molecule has 4 heteroatoms. The SMILES string of the molecule is CCc1n[nH]c(=S)n1CC1CCCC(C)C1. The molecule has 1 N–H and O–H groups in total. The lowest BCUT2D eigenvalue weighted by Gasteiger charge is -2.27. The number of aromatic amines is 1. The molecule has 16 heavy (non-hydrogen) atoms. The predicted molar refractivity (Wildman–Crippen MR) is 67.9 cm³/mol. The fraction of sp³-hybridized carbons (Fsp3) is 0.833. The Morgan fingerprint density at radius 2 is 2.31 bits per heavy atom. The molecule has 1 aromatic heterocycles. The molecule has 0 spiro atoms. The average molecular weight is 239 g/mol. The Hall–Kier alpha value is -0.640. The molecule has 1 aliphatic carbocycles. The Balaban J connectivity index is 2.07. The van der Waals surface area contributed by atoms with E-state index in [4.69, 9.17) is 12.2 Å². The Morgan fingerprint density at radius 3 is 3.00 bits per heavy atom. The van der Waals surface area contributed by atoms with Gasteiger partial charge in [-0.2, -0.15) is 5.10 Å². The molecule has 1 heterocycles. The molecule has 0 saturated heterocycles. The standard InChI is InChI=1S/C12H21N3S/c1-3-11-13-14-12(16)15(11)8-10-6-4-5-9(2)7-10/h9-10H,3-8H2,1-2H3,(H,14,16). The second-order valence-electron chi connectivity index (χ2n) is 5.05. The van der Waals surface area contributed by atoms with Gasteiger partial charge >= 0.3 is 0 Å². The molecular formula is C12H21N3S. The molecule has 2 rings (SSSR count). The second-order valence-corrected chi connectivity index (χ2v) is 5.43. The summed E-state index contributed by atoms with van der Waals surface area (Å²) in [4.78, 5) is 0. The lowest BCUT2D eigenvalue weighted by atomic mass is 9.82. The van der Waals surface area contributed by atoms with E-state index < -0.39 is 0 Å². The number of H-pyrrole nitrogens is 1. The molecule has 0 aliphatic heterocycles. The van der Waals surface area contributed by atoms with Crippen molar-refractivity contribution in [2.75, 3.05) is 0 Å². The Labute approximate surface area is 102 Å². The molecule has 0 aromatic carbocycles. The maximum Gasteiger partial charge on any atom is 0.195 e. The van der Waals surface area contributed by atoms with Gasteiger partial charge in [0.2, 0.25) is 0 Å². The van der Waals surface area contributed by atoms with Crippen molar-refractivity contribution >= 4 is 12.2 Å². The van der Waals surface area contributed by atoms with Crippen LogP contribution in [0.4, 0.5) is 0 Å². The van der Waals surface area contributed by atoms with E-state index in [9.17, 15) is 0 Å². The second kappa shape index (κ2) is 5.13. The van der Waals surface area contributed by atoms with Gasteiger partial charge < -0.3 is 4.57 Å². The quantitative estimate of drug-likeness (QED) is 0.821. The number of nitrogens with one attached hydrogen (secondary N) is 1. The molecule has 3 nitrogen and oxygen atoms in total. The number of hydrogen-bond donors (Lipinski definition) is 1. The highest BCUT2D eigenvalue weighted by Gasteiger charge is 2.20. The monoisotopic (exact) mass is 239 g/mol. The van der Waals surface area contributed by atoms with Crippen LogP contribution >= 0.6 is 12.2 Å². The van der Waals surface area contributed by atoms with Crippen LogP contribution in [0.5, 0.6) is 0 Å². The zero-order valence-electron chi connectivity index (χ0n) is 10.2. The molecule has 2 atom stereocenters. The van der Waals surface area contributed by atoms with Gasteiger partial charge in [0.15, 0.2) is 4.77 Å². The summed E-state index contributed by atoms with van der Waals surface area (Å²) < 4.78 is 2.98. The molecule has 1 fully saturated rings. The van der Waals surface area contributed by atoms with Crippen molar-refractivity contribution in [3.8, 4) is 0 Å². The number of rotatable bonds is 3. The third kappa shape index (κ3) is 2.54. The van der Waals surface area contributed by atoms with Crippen molar-refractivity contribution in [3.05, 3.63) is 10.6 Å². The normalized spacial score (nSPS) is 25.9. The Morgan fingerprint density at radius 1 is 1.50 bits per heavy atom. The summed E-state index contributed by atoms with van der Waals surface area (Å²) in [6.45, 7) is 5.55. The lowest BCUT2D eigenvalue weighted by molar-refractivity contribution is 0.254. The number of aromatic nitrogens is 3. The van der Waals surface area contributed by atoms with Gasteiger partial charge in [-0.25, -0.2) is 0 Å². The topological polar surface area (TPSA) is 33.6 Å². The molecule has 1 aliphatic rings. The van der Waals surface area contributed by atoms with Crippen molar-refractivity contribution in [3.63, 3.8) is 0 Å². The third-order valence-electron chi connectivity index (χ3n) is 3.64. The van der Waals surface area contributed by atoms with Crippen molar-refractivity contribution in [2.24, 2.45) is 11.8 Å². The van der Waals surface area contributed by atoms with Crippen LogP contribution in [0.2, 0.25) is 0 Å². The summed E-state index contributed by atoms with van der Waals surface area (Å²) >= 11 is 5.28. The van der Waals surface area contributed by atoms with Crippen molar-refractivity contribution in [1.82, 2.24) is 14.8 Å². The lowest BCUT2D eigenvalue weighted by Crippen LogP contribution is -2.19. The van der Waals surface area contributed by atoms with Gasteiger partial charge in [0.25, 0.3) is 0 Å². The van der Waals surface area contributed by atoms with Gasteiger partial charge in [-0.05, 0) is 36.9 Å². The zero-order chi connectivity index (χ0) is 11.5. The van der Waals surface area contributed by atoms with E-state index in [-0.39, 0.29) is 0 Å². The maximum atomic E-state index is 5.28. The molecule has 90 valence electrons. The summed E-state index contributed by atoms with van der Waals surface area (Å²) in [5, 5.41) is 7.17. The minimum absolute atomic E-state index is 0.787. The Bertz CT molecular complexity index is 393.